The zero-order valence-electron chi connectivity index (χ0n) is 15.9. The molecule has 2 aromatic carbocycles. The molecule has 0 aliphatic carbocycles. The van der Waals surface area contributed by atoms with Crippen molar-refractivity contribution in [3.8, 4) is 11.1 Å². The van der Waals surface area contributed by atoms with Crippen molar-refractivity contribution in [3.05, 3.63) is 83.7 Å². The minimum Gasteiger partial charge on any atom is -0.348 e. The Bertz CT molecular complexity index is 1050. The van der Waals surface area contributed by atoms with Crippen molar-refractivity contribution in [1.29, 1.82) is 0 Å². The van der Waals surface area contributed by atoms with Gasteiger partial charge in [0.1, 0.15) is 0 Å². The van der Waals surface area contributed by atoms with Crippen molar-refractivity contribution in [3.63, 3.8) is 0 Å². The lowest BCUT2D eigenvalue weighted by Gasteiger charge is -2.12. The third kappa shape index (κ3) is 4.17. The second-order valence-electron chi connectivity index (χ2n) is 7.08. The van der Waals surface area contributed by atoms with Gasteiger partial charge in [0.2, 0.25) is 5.91 Å². The first kappa shape index (κ1) is 18.8. The number of aromatic nitrogens is 1. The van der Waals surface area contributed by atoms with Gasteiger partial charge in [0.05, 0.1) is 6.04 Å². The quantitative estimate of drug-likeness (QED) is 0.642. The minimum atomic E-state index is -0.524. The Kier molecular flexibility index (Phi) is 5.35. The Morgan fingerprint density at radius 1 is 1.14 bits per heavy atom. The van der Waals surface area contributed by atoms with Crippen LogP contribution < -0.4 is 16.4 Å². The molecule has 6 nitrogen and oxygen atoms in total. The van der Waals surface area contributed by atoms with Gasteiger partial charge >= 0.3 is 0 Å². The monoisotopic (exact) mass is 386 g/mol. The van der Waals surface area contributed by atoms with E-state index in [1.54, 1.807) is 24.5 Å². The molecule has 146 valence electrons. The van der Waals surface area contributed by atoms with Gasteiger partial charge in [-0.25, -0.2) is 0 Å². The molecule has 4 rings (SSSR count). The van der Waals surface area contributed by atoms with E-state index >= 15 is 0 Å². The first-order chi connectivity index (χ1) is 14.1. The molecule has 1 unspecified atom stereocenters. The third-order valence-electron chi connectivity index (χ3n) is 5.13. The number of nitrogens with two attached hydrogens (primary N) is 1. The van der Waals surface area contributed by atoms with Crippen molar-refractivity contribution in [2.75, 3.05) is 5.32 Å². The lowest BCUT2D eigenvalue weighted by molar-refractivity contribution is -0.117. The number of fused-ring (bicyclic) bond motifs is 1. The van der Waals surface area contributed by atoms with E-state index in [4.69, 9.17) is 5.73 Å². The summed E-state index contributed by atoms with van der Waals surface area (Å²) in [6.07, 6.45) is 4.72. The van der Waals surface area contributed by atoms with Gasteiger partial charge in [-0.05, 0) is 65.4 Å². The fourth-order valence-electron chi connectivity index (χ4n) is 3.50. The first-order valence-electron chi connectivity index (χ1n) is 9.57. The molecular weight excluding hydrogens is 364 g/mol. The number of amides is 2. The lowest BCUT2D eigenvalue weighted by atomic mass is 10.0. The first-order valence-corrected chi connectivity index (χ1v) is 9.57. The summed E-state index contributed by atoms with van der Waals surface area (Å²) < 4.78 is 0. The highest BCUT2D eigenvalue weighted by molar-refractivity contribution is 5.98. The van der Waals surface area contributed by atoms with Crippen LogP contribution in [0.5, 0.6) is 0 Å². The number of pyridine rings is 1. The van der Waals surface area contributed by atoms with Crippen molar-refractivity contribution in [2.45, 2.75) is 25.4 Å². The van der Waals surface area contributed by atoms with E-state index in [1.165, 1.54) is 0 Å². The van der Waals surface area contributed by atoms with E-state index in [2.05, 4.69) is 15.6 Å². The highest BCUT2D eigenvalue weighted by atomic mass is 16.2. The summed E-state index contributed by atoms with van der Waals surface area (Å²) in [5.74, 6) is -0.342. The van der Waals surface area contributed by atoms with Gasteiger partial charge in [0.25, 0.3) is 5.91 Å². The van der Waals surface area contributed by atoms with Crippen molar-refractivity contribution >= 4 is 17.5 Å². The molecular formula is C23H22N4O2. The number of aryl methyl sites for hydroxylation is 1. The number of nitrogens with zero attached hydrogens (tertiary/aromatic N) is 1. The van der Waals surface area contributed by atoms with Crippen molar-refractivity contribution < 1.29 is 9.59 Å². The summed E-state index contributed by atoms with van der Waals surface area (Å²) >= 11 is 0. The van der Waals surface area contributed by atoms with Crippen LogP contribution in [0.25, 0.3) is 11.1 Å². The summed E-state index contributed by atoms with van der Waals surface area (Å²) in [6, 6.07) is 16.7. The lowest BCUT2D eigenvalue weighted by Crippen LogP contribution is -2.34. The molecule has 3 aromatic rings. The second-order valence-corrected chi connectivity index (χ2v) is 7.08. The van der Waals surface area contributed by atoms with E-state index in [0.29, 0.717) is 24.9 Å². The van der Waals surface area contributed by atoms with Crippen molar-refractivity contribution in [1.82, 2.24) is 10.3 Å². The maximum atomic E-state index is 12.7. The van der Waals surface area contributed by atoms with E-state index in [-0.39, 0.29) is 11.8 Å². The smallest absolute Gasteiger partial charge is 0.251 e. The van der Waals surface area contributed by atoms with Crippen molar-refractivity contribution in [2.24, 2.45) is 5.73 Å². The highest BCUT2D eigenvalue weighted by Gasteiger charge is 2.21. The number of nitrogens with one attached hydrogen (secondary N) is 2. The van der Waals surface area contributed by atoms with Gasteiger partial charge in [-0.2, -0.15) is 0 Å². The van der Waals surface area contributed by atoms with Gasteiger partial charge in [0.15, 0.2) is 0 Å². The summed E-state index contributed by atoms with van der Waals surface area (Å²) in [7, 11) is 0. The van der Waals surface area contributed by atoms with Crippen LogP contribution >= 0.6 is 0 Å². The molecule has 1 aliphatic rings. The van der Waals surface area contributed by atoms with Crippen LogP contribution in [0.1, 0.15) is 27.9 Å². The molecule has 0 spiro atoms. The third-order valence-corrected chi connectivity index (χ3v) is 5.13. The number of rotatable bonds is 4. The maximum absolute atomic E-state index is 12.7. The Balaban J connectivity index is 1.50. The Morgan fingerprint density at radius 3 is 2.76 bits per heavy atom. The van der Waals surface area contributed by atoms with E-state index < -0.39 is 6.04 Å². The molecule has 0 radical (unpaired) electrons. The summed E-state index contributed by atoms with van der Waals surface area (Å²) in [6.45, 7) is 0.413. The molecule has 1 atom stereocenters. The highest BCUT2D eigenvalue weighted by Crippen LogP contribution is 2.24. The molecule has 0 bridgehead atoms. The van der Waals surface area contributed by atoms with Gasteiger partial charge in [0, 0.05) is 30.2 Å². The largest absolute Gasteiger partial charge is 0.348 e. The van der Waals surface area contributed by atoms with Crippen LogP contribution in [0.15, 0.2) is 67.0 Å². The van der Waals surface area contributed by atoms with Crippen LogP contribution in [0, 0.1) is 0 Å². The summed E-state index contributed by atoms with van der Waals surface area (Å²) in [5, 5.41) is 5.82. The van der Waals surface area contributed by atoms with Crippen LogP contribution in [-0.2, 0) is 17.8 Å². The van der Waals surface area contributed by atoms with Gasteiger partial charge < -0.3 is 16.4 Å². The standard InChI is InChI=1S/C23H22N4O2/c24-20-7-5-16-13-17(6-8-21(16)27-23(20)29)22(28)26-14-18-3-1-2-4-19(18)15-9-11-25-12-10-15/h1-4,6,8-13,20H,5,7,14,24H2,(H,26,28)(H,27,29). The molecule has 0 saturated carbocycles. The van der Waals surface area contributed by atoms with Crippen LogP contribution in [-0.4, -0.2) is 22.8 Å². The van der Waals surface area contributed by atoms with E-state index in [9.17, 15) is 9.59 Å². The van der Waals surface area contributed by atoms with Gasteiger partial charge in [-0.3, -0.25) is 14.6 Å². The van der Waals surface area contributed by atoms with Crippen LogP contribution in [0.2, 0.25) is 0 Å². The molecule has 29 heavy (non-hydrogen) atoms. The molecule has 2 heterocycles. The topological polar surface area (TPSA) is 97.1 Å². The number of benzene rings is 2. The zero-order chi connectivity index (χ0) is 20.2. The van der Waals surface area contributed by atoms with Crippen LogP contribution in [0.4, 0.5) is 5.69 Å². The second kappa shape index (κ2) is 8.24. The molecule has 0 saturated heterocycles. The van der Waals surface area contributed by atoms with E-state index in [1.807, 2.05) is 42.5 Å². The predicted octanol–water partition coefficient (Wildman–Crippen LogP) is 2.89. The average molecular weight is 386 g/mol. The fourth-order valence-corrected chi connectivity index (χ4v) is 3.50. The van der Waals surface area contributed by atoms with Gasteiger partial charge in [-0.1, -0.05) is 24.3 Å². The number of hydrogen-bond acceptors (Lipinski definition) is 4. The molecule has 1 aliphatic heterocycles. The SMILES string of the molecule is NC1CCc2cc(C(=O)NCc3ccccc3-c3ccncc3)ccc2NC1=O. The van der Waals surface area contributed by atoms with E-state index in [0.717, 1.165) is 27.9 Å². The zero-order valence-corrected chi connectivity index (χ0v) is 15.9. The molecule has 0 fully saturated rings. The fraction of sp³-hybridized carbons (Fsp3) is 0.174. The molecule has 4 N–H and O–H groups in total. The number of anilines is 1. The minimum absolute atomic E-state index is 0.155. The van der Waals surface area contributed by atoms with Gasteiger partial charge in [-0.15, -0.1) is 0 Å². The maximum Gasteiger partial charge on any atom is 0.251 e. The predicted molar refractivity (Wildman–Crippen MR) is 112 cm³/mol. The molecule has 2 amide bonds. The Hall–Kier alpha value is -3.51. The summed E-state index contributed by atoms with van der Waals surface area (Å²) in [4.78, 5) is 28.7. The Morgan fingerprint density at radius 2 is 1.93 bits per heavy atom. The number of carbonyl (C=O) groups is 2. The molecule has 6 heteroatoms. The number of hydrogen-bond donors (Lipinski definition) is 3. The summed E-state index contributed by atoms with van der Waals surface area (Å²) in [5.41, 5.74) is 11.2. The van der Waals surface area contributed by atoms with Crippen LogP contribution in [0.3, 0.4) is 0 Å². The molecule has 1 aromatic heterocycles. The average Bonchev–Trinajstić information content (AvgIpc) is 2.90. The Labute approximate surface area is 169 Å². The number of carbonyl (C=O) groups excluding carboxylic acids is 2. The normalized spacial score (nSPS) is 15.8.